The summed E-state index contributed by atoms with van der Waals surface area (Å²) >= 11 is 0. The highest BCUT2D eigenvalue weighted by Gasteiger charge is 2.42. The predicted octanol–water partition coefficient (Wildman–Crippen LogP) is 3.50. The first kappa shape index (κ1) is 21.8. The molecule has 5 nitrogen and oxygen atoms in total. The molecule has 0 aromatic carbocycles. The molecule has 2 aliphatic carbocycles. The fourth-order valence-corrected chi connectivity index (χ4v) is 3.99. The highest BCUT2D eigenvalue weighted by molar-refractivity contribution is 5.86. The Kier molecular flexibility index (Phi) is 7.80. The van der Waals surface area contributed by atoms with E-state index in [2.05, 4.69) is 6.92 Å². The van der Waals surface area contributed by atoms with Crippen molar-refractivity contribution in [3.8, 4) is 0 Å². The van der Waals surface area contributed by atoms with Crippen molar-refractivity contribution < 1.29 is 24.9 Å². The van der Waals surface area contributed by atoms with Crippen LogP contribution in [0.1, 0.15) is 65.2 Å². The second kappa shape index (κ2) is 9.65. The Hall–Kier alpha value is -1.46. The van der Waals surface area contributed by atoms with E-state index in [0.717, 1.165) is 32.1 Å². The van der Waals surface area contributed by atoms with E-state index in [9.17, 15) is 19.8 Å². The molecule has 3 N–H and O–H groups in total. The van der Waals surface area contributed by atoms with Crippen molar-refractivity contribution >= 4 is 11.8 Å². The van der Waals surface area contributed by atoms with Crippen LogP contribution < -0.4 is 0 Å². The molecule has 152 valence electrons. The summed E-state index contributed by atoms with van der Waals surface area (Å²) in [6, 6.07) is 0. The Labute approximate surface area is 162 Å². The lowest BCUT2D eigenvalue weighted by Crippen LogP contribution is -2.23. The van der Waals surface area contributed by atoms with Crippen molar-refractivity contribution in [3.63, 3.8) is 0 Å². The number of rotatable bonds is 11. The van der Waals surface area contributed by atoms with Gasteiger partial charge in [-0.15, -0.1) is 0 Å². The van der Waals surface area contributed by atoms with Crippen LogP contribution in [-0.4, -0.2) is 38.8 Å². The summed E-state index contributed by atoms with van der Waals surface area (Å²) < 4.78 is 0. The number of aliphatic hydroxyl groups is 2. The number of carbonyl (C=O) groups is 2. The topological polar surface area (TPSA) is 94.8 Å². The molecular weight excluding hydrogens is 344 g/mol. The third-order valence-electron chi connectivity index (χ3n) is 5.94. The first-order valence-electron chi connectivity index (χ1n) is 10.3. The van der Waals surface area contributed by atoms with E-state index < -0.39 is 17.7 Å². The van der Waals surface area contributed by atoms with Crippen molar-refractivity contribution in [2.45, 2.75) is 76.9 Å². The number of carboxylic acids is 1. The molecular formula is C22H34O5. The maximum Gasteiger partial charge on any atom is 0.306 e. The number of ketones is 1. The van der Waals surface area contributed by atoms with Gasteiger partial charge >= 0.3 is 5.97 Å². The van der Waals surface area contributed by atoms with Crippen molar-refractivity contribution in [1.29, 1.82) is 0 Å². The molecule has 2 fully saturated rings. The molecule has 5 heteroatoms. The molecule has 6 atom stereocenters. The van der Waals surface area contributed by atoms with Gasteiger partial charge in [0.2, 0.25) is 0 Å². The quantitative estimate of drug-likeness (QED) is 0.378. The number of allylic oxidation sites excluding steroid dienone is 3. The first-order chi connectivity index (χ1) is 12.7. The van der Waals surface area contributed by atoms with Gasteiger partial charge in [0.25, 0.3) is 0 Å². The minimum atomic E-state index is -0.929. The van der Waals surface area contributed by atoms with Gasteiger partial charge in [0.15, 0.2) is 0 Å². The Morgan fingerprint density at radius 2 is 1.96 bits per heavy atom. The normalized spacial score (nSPS) is 33.0. The van der Waals surface area contributed by atoms with Crippen LogP contribution in [0.25, 0.3) is 0 Å². The van der Waals surface area contributed by atoms with Crippen molar-refractivity contribution in [2.24, 2.45) is 23.7 Å². The number of unbranched alkanes of at least 4 members (excludes halogenated alkanes) is 2. The van der Waals surface area contributed by atoms with Gasteiger partial charge in [-0.2, -0.15) is 0 Å². The summed E-state index contributed by atoms with van der Waals surface area (Å²) in [6.45, 7) is 3.88. The van der Waals surface area contributed by atoms with Crippen molar-refractivity contribution in [1.82, 2.24) is 0 Å². The van der Waals surface area contributed by atoms with Gasteiger partial charge in [-0.3, -0.25) is 9.59 Å². The molecule has 0 spiro atoms. The van der Waals surface area contributed by atoms with Gasteiger partial charge in [-0.25, -0.2) is 0 Å². The third-order valence-corrected chi connectivity index (χ3v) is 5.94. The zero-order valence-electron chi connectivity index (χ0n) is 16.5. The molecule has 0 aromatic heterocycles. The zero-order chi connectivity index (χ0) is 20.0. The number of carbonyl (C=O) groups excluding carboxylic acids is 1. The predicted molar refractivity (Wildman–Crippen MR) is 104 cm³/mol. The van der Waals surface area contributed by atoms with E-state index in [1.165, 1.54) is 0 Å². The van der Waals surface area contributed by atoms with Crippen LogP contribution in [0.2, 0.25) is 0 Å². The fourth-order valence-electron chi connectivity index (χ4n) is 3.99. The van der Waals surface area contributed by atoms with E-state index in [1.807, 2.05) is 12.2 Å². The van der Waals surface area contributed by atoms with Gasteiger partial charge in [-0.1, -0.05) is 50.5 Å². The molecule has 0 amide bonds. The van der Waals surface area contributed by atoms with Gasteiger partial charge < -0.3 is 15.3 Å². The lowest BCUT2D eigenvalue weighted by atomic mass is 9.88. The third kappa shape index (κ3) is 6.58. The van der Waals surface area contributed by atoms with Crippen LogP contribution in [-0.2, 0) is 9.59 Å². The molecule has 2 aliphatic rings. The Balaban J connectivity index is 1.87. The lowest BCUT2D eigenvalue weighted by molar-refractivity contribution is -0.138. The number of hydrogen-bond acceptors (Lipinski definition) is 4. The molecule has 2 rings (SSSR count). The fraction of sp³-hybridized carbons (Fsp3) is 0.727. The number of Topliss-reactive ketones (excluding diaryl/α,β-unsaturated/α-hetero) is 1. The first-order valence-corrected chi connectivity index (χ1v) is 10.3. The molecule has 0 radical (unpaired) electrons. The molecule has 0 aromatic rings. The Morgan fingerprint density at radius 1 is 1.26 bits per heavy atom. The van der Waals surface area contributed by atoms with Gasteiger partial charge in [0, 0.05) is 18.3 Å². The van der Waals surface area contributed by atoms with Crippen molar-refractivity contribution in [2.75, 3.05) is 0 Å². The van der Waals surface area contributed by atoms with E-state index in [1.54, 1.807) is 19.1 Å². The maximum absolute atomic E-state index is 12.3. The van der Waals surface area contributed by atoms with Crippen LogP contribution >= 0.6 is 0 Å². The zero-order valence-corrected chi connectivity index (χ0v) is 16.5. The largest absolute Gasteiger partial charge is 0.481 e. The molecule has 0 aliphatic heterocycles. The summed E-state index contributed by atoms with van der Waals surface area (Å²) in [6.07, 6.45) is 12.8. The molecule has 0 heterocycles. The second-order valence-corrected chi connectivity index (χ2v) is 8.48. The summed E-state index contributed by atoms with van der Waals surface area (Å²) in [5, 5.41) is 29.6. The highest BCUT2D eigenvalue weighted by atomic mass is 16.4. The van der Waals surface area contributed by atoms with Crippen LogP contribution in [0.3, 0.4) is 0 Å². The lowest BCUT2D eigenvalue weighted by Gasteiger charge is -2.21. The summed E-state index contributed by atoms with van der Waals surface area (Å²) in [5.74, 6) is -1.22. The molecule has 0 bridgehead atoms. The smallest absolute Gasteiger partial charge is 0.306 e. The van der Waals surface area contributed by atoms with E-state index >= 15 is 0 Å². The number of aliphatic hydroxyl groups excluding tert-OH is 1. The SMILES string of the molecule is CCCCC[C@](C)(O)/C=C/[C@H]1C(=O)C[C@H](O)[C@@H]1C/C=C\C[C@@H]1C[C@H]1C(=O)O. The number of hydrogen-bond donors (Lipinski definition) is 3. The van der Waals surface area contributed by atoms with Gasteiger partial charge in [-0.05, 0) is 38.5 Å². The summed E-state index contributed by atoms with van der Waals surface area (Å²) in [7, 11) is 0. The van der Waals surface area contributed by atoms with Crippen LogP contribution in [0, 0.1) is 23.7 Å². The molecule has 0 unspecified atom stereocenters. The Bertz CT molecular complexity index is 577. The molecule has 27 heavy (non-hydrogen) atoms. The van der Waals surface area contributed by atoms with E-state index in [4.69, 9.17) is 5.11 Å². The minimum Gasteiger partial charge on any atom is -0.481 e. The summed E-state index contributed by atoms with van der Waals surface area (Å²) in [5.41, 5.74) is -0.929. The van der Waals surface area contributed by atoms with Crippen molar-refractivity contribution in [3.05, 3.63) is 24.3 Å². The van der Waals surface area contributed by atoms with Gasteiger partial charge in [0.05, 0.1) is 17.6 Å². The van der Waals surface area contributed by atoms with E-state index in [-0.39, 0.29) is 35.9 Å². The van der Waals surface area contributed by atoms with Crippen LogP contribution in [0.4, 0.5) is 0 Å². The minimum absolute atomic E-state index is 0.0228. The average molecular weight is 379 g/mol. The molecule has 0 saturated heterocycles. The highest BCUT2D eigenvalue weighted by Crippen LogP contribution is 2.41. The summed E-state index contributed by atoms with van der Waals surface area (Å²) in [4.78, 5) is 23.1. The standard InChI is InChI=1S/C22H34O5/c1-3-4-7-11-22(2,27)12-10-17-16(19(23)14-20(17)24)9-6-5-8-15-13-18(15)21(25)26/h5-6,10,12,15-19,23,27H,3-4,7-9,11,13-14H2,1-2H3,(H,25,26)/b6-5-,12-10+/t15-,16-,17-,18-,19+,22+/m1/s1. The average Bonchev–Trinajstić information content (AvgIpc) is 3.31. The second-order valence-electron chi connectivity index (χ2n) is 8.48. The van der Waals surface area contributed by atoms with Gasteiger partial charge in [0.1, 0.15) is 5.78 Å². The number of carboxylic acid groups (broad SMARTS) is 1. The van der Waals surface area contributed by atoms with Crippen LogP contribution in [0.5, 0.6) is 0 Å². The number of aliphatic carboxylic acids is 1. The maximum atomic E-state index is 12.3. The van der Waals surface area contributed by atoms with Crippen LogP contribution in [0.15, 0.2) is 24.3 Å². The Morgan fingerprint density at radius 3 is 2.59 bits per heavy atom. The van der Waals surface area contributed by atoms with E-state index in [0.29, 0.717) is 12.8 Å². The molecule has 2 saturated carbocycles. The monoisotopic (exact) mass is 378 g/mol.